The molecule has 0 spiro atoms. The Morgan fingerprint density at radius 3 is 1.16 bits per heavy atom. The maximum atomic E-state index is 3.64. The van der Waals surface area contributed by atoms with E-state index in [4.69, 9.17) is 0 Å². The molecule has 0 unspecified atom stereocenters. The van der Waals surface area contributed by atoms with Crippen molar-refractivity contribution in [2.24, 2.45) is 0 Å². The van der Waals surface area contributed by atoms with Crippen LogP contribution in [0.2, 0.25) is 0 Å². The molecule has 97 heavy (non-hydrogen) atoms. The smallest absolute Gasteiger partial charge is 0.0547 e. The summed E-state index contributed by atoms with van der Waals surface area (Å²) in [6, 6.07) is 124. The van der Waals surface area contributed by atoms with Gasteiger partial charge in [0.1, 0.15) is 0 Å². The highest BCUT2D eigenvalue weighted by molar-refractivity contribution is 9.10. The van der Waals surface area contributed by atoms with Crippen molar-refractivity contribution in [1.82, 2.24) is 13.7 Å². The number of halogens is 1. The summed E-state index contributed by atoms with van der Waals surface area (Å²) in [6.07, 6.45) is 1.02. The maximum Gasteiger partial charge on any atom is 0.0547 e. The van der Waals surface area contributed by atoms with Crippen LogP contribution in [-0.2, 0) is 6.42 Å². The van der Waals surface area contributed by atoms with Gasteiger partial charge in [0.15, 0.2) is 0 Å². The largest absolute Gasteiger partial charge is 0.309 e. The van der Waals surface area contributed by atoms with Gasteiger partial charge >= 0.3 is 0 Å². The van der Waals surface area contributed by atoms with Crippen LogP contribution in [0.5, 0.6) is 0 Å². The first kappa shape index (κ1) is 55.4. The van der Waals surface area contributed by atoms with Crippen LogP contribution in [0.3, 0.4) is 0 Å². The van der Waals surface area contributed by atoms with E-state index in [1.165, 1.54) is 198 Å². The van der Waals surface area contributed by atoms with Crippen LogP contribution in [0.4, 0.5) is 0 Å². The lowest BCUT2D eigenvalue weighted by molar-refractivity contribution is 1.18. The summed E-state index contributed by atoms with van der Waals surface area (Å²) >= 11 is 3.64. The lowest BCUT2D eigenvalue weighted by Gasteiger charge is -2.14. The lowest BCUT2D eigenvalue weighted by Crippen LogP contribution is -1.96. The minimum absolute atomic E-state index is 1.02. The molecule has 0 amide bonds. The Hall–Kier alpha value is -12.1. The number of fused-ring (bicyclic) bond motifs is 18. The maximum absolute atomic E-state index is 3.64. The minimum Gasteiger partial charge on any atom is -0.309 e. The van der Waals surface area contributed by atoms with Crippen molar-refractivity contribution in [1.29, 1.82) is 0 Å². The number of hydrogen-bond acceptors (Lipinski definition) is 0. The van der Waals surface area contributed by atoms with Gasteiger partial charge in [0.2, 0.25) is 0 Å². The molecule has 0 saturated heterocycles. The van der Waals surface area contributed by atoms with E-state index in [1.807, 2.05) is 0 Å². The van der Waals surface area contributed by atoms with Gasteiger partial charge in [-0.05, 0) is 197 Å². The van der Waals surface area contributed by atoms with Gasteiger partial charge in [0.05, 0.1) is 38.8 Å². The van der Waals surface area contributed by atoms with Crippen LogP contribution in [0.25, 0.3) is 182 Å². The summed E-state index contributed by atoms with van der Waals surface area (Å²) in [5.74, 6) is 0. The second kappa shape index (κ2) is 22.0. The summed E-state index contributed by atoms with van der Waals surface area (Å²) in [4.78, 5) is 0. The Morgan fingerprint density at radius 2 is 0.577 bits per heavy atom. The standard InChI is InChI=1S/C46H28N2.C31H21N.C16H9Br/c1-2-11-31(12-3-1)47-41-19-8-7-16-35(41)40-27-29(22-25-44(40)47)30-21-23-36-34-15-6-9-20-42(34)48(45(36)28-30)43-26-24-38-33-14-5-4-13-32(33)37-17-10-18-39(43)46(37)38;1-2-9-25(10-3-1)32-30-13-7-6-12-28(30)29-20-22(15-17-31(29)32)21-14-16-27-24(18-21)19-23-8-4-5-11-26(23)27;17-15-9-8-13-11-5-2-1-4-10(11)12-6-3-7-14(15)16(12)13/h1-28H;1-18,20H,19H2;1-9H. The zero-order valence-corrected chi connectivity index (χ0v) is 54.3. The number of hydrogen-bond donors (Lipinski definition) is 0. The van der Waals surface area contributed by atoms with Crippen LogP contribution in [-0.4, -0.2) is 13.7 Å². The molecule has 0 aliphatic heterocycles. The Kier molecular flexibility index (Phi) is 12.6. The summed E-state index contributed by atoms with van der Waals surface area (Å²) < 4.78 is 8.41. The first-order valence-corrected chi connectivity index (χ1v) is 34.2. The molecule has 4 heteroatoms. The molecule has 0 atom stereocenters. The fraction of sp³-hybridized carbons (Fsp3) is 0.0108. The van der Waals surface area contributed by atoms with Gasteiger partial charge in [-0.2, -0.15) is 0 Å². The molecule has 0 bridgehead atoms. The molecular formula is C93H58BrN3. The number of rotatable bonds is 5. The third-order valence-corrected chi connectivity index (χ3v) is 21.5. The van der Waals surface area contributed by atoms with Crippen LogP contribution in [0, 0.1) is 0 Å². The van der Waals surface area contributed by atoms with Gasteiger partial charge in [-0.15, -0.1) is 0 Å². The average Bonchev–Trinajstić information content (AvgIpc) is 1.63. The van der Waals surface area contributed by atoms with Gasteiger partial charge < -0.3 is 13.7 Å². The molecule has 0 radical (unpaired) electrons. The molecule has 0 fully saturated rings. The van der Waals surface area contributed by atoms with E-state index in [2.05, 4.69) is 369 Å². The predicted octanol–water partition coefficient (Wildman–Crippen LogP) is 25.6. The molecule has 3 nitrogen and oxygen atoms in total. The van der Waals surface area contributed by atoms with Gasteiger partial charge in [-0.1, -0.05) is 271 Å². The highest BCUT2D eigenvalue weighted by atomic mass is 79.9. The summed E-state index contributed by atoms with van der Waals surface area (Å²) in [6.45, 7) is 0. The number of para-hydroxylation sites is 5. The van der Waals surface area contributed by atoms with E-state index >= 15 is 0 Å². The highest BCUT2D eigenvalue weighted by Crippen LogP contribution is 2.51. The Labute approximate surface area is 569 Å². The molecule has 19 aromatic rings. The van der Waals surface area contributed by atoms with Crippen molar-refractivity contribution >= 4 is 103 Å². The zero-order valence-electron chi connectivity index (χ0n) is 52.8. The van der Waals surface area contributed by atoms with Crippen molar-refractivity contribution in [3.05, 3.63) is 355 Å². The summed E-state index contributed by atoms with van der Waals surface area (Å²) in [7, 11) is 0. The van der Waals surface area contributed by atoms with Gasteiger partial charge in [0.25, 0.3) is 0 Å². The van der Waals surface area contributed by atoms with Crippen molar-refractivity contribution in [3.63, 3.8) is 0 Å². The third-order valence-electron chi connectivity index (χ3n) is 20.8. The Bertz CT molecular complexity index is 6420. The molecule has 3 heterocycles. The second-order valence-corrected chi connectivity index (χ2v) is 26.8. The molecule has 0 saturated carbocycles. The number of benzene rings is 16. The molecule has 0 N–H and O–H groups in total. The first-order chi connectivity index (χ1) is 48.1. The summed E-state index contributed by atoms with van der Waals surface area (Å²) in [5.41, 5.74) is 32.3. The van der Waals surface area contributed by atoms with Crippen LogP contribution < -0.4 is 0 Å². The van der Waals surface area contributed by atoms with Crippen molar-refractivity contribution in [3.8, 4) is 95.0 Å². The molecule has 3 aliphatic rings. The van der Waals surface area contributed by atoms with Crippen molar-refractivity contribution in [2.45, 2.75) is 6.42 Å². The Balaban J connectivity index is 0.000000111. The van der Waals surface area contributed by atoms with E-state index in [9.17, 15) is 0 Å². The highest BCUT2D eigenvalue weighted by Gasteiger charge is 2.26. The fourth-order valence-electron chi connectivity index (χ4n) is 16.5. The molecule has 3 aromatic heterocycles. The lowest BCUT2D eigenvalue weighted by atomic mass is 9.98. The minimum atomic E-state index is 1.02. The fourth-order valence-corrected chi connectivity index (χ4v) is 17.0. The van der Waals surface area contributed by atoms with Gasteiger partial charge in [-0.3, -0.25) is 0 Å². The molecule has 16 aromatic carbocycles. The molecule has 22 rings (SSSR count). The monoisotopic (exact) mass is 1300 g/mol. The van der Waals surface area contributed by atoms with Crippen molar-refractivity contribution < 1.29 is 0 Å². The Morgan fingerprint density at radius 1 is 0.206 bits per heavy atom. The second-order valence-electron chi connectivity index (χ2n) is 25.9. The SMILES string of the molecule is Brc1ccc2c3c(cccc13)-c1ccccc1-2.c1ccc(-n2c3ccccc3c3cc(-c4ccc5c(c4)Cc4ccccc4-5)ccc32)cc1.c1ccc(-n2c3ccccc3c3cc(-c4ccc5c6ccccc6n(-c6ccc7c8c(cccc68)-c6ccccc6-7)c5c4)ccc32)cc1. The zero-order chi connectivity index (χ0) is 63.8. The van der Waals surface area contributed by atoms with Crippen LogP contribution >= 0.6 is 15.9 Å². The van der Waals surface area contributed by atoms with E-state index in [0.29, 0.717) is 0 Å². The van der Waals surface area contributed by atoms with Crippen LogP contribution in [0.15, 0.2) is 344 Å². The average molecular weight is 1300 g/mol. The molecule has 3 aliphatic carbocycles. The van der Waals surface area contributed by atoms with Gasteiger partial charge in [-0.25, -0.2) is 0 Å². The van der Waals surface area contributed by atoms with E-state index in [-0.39, 0.29) is 0 Å². The van der Waals surface area contributed by atoms with E-state index in [1.54, 1.807) is 0 Å². The predicted molar refractivity (Wildman–Crippen MR) is 413 cm³/mol. The quantitative estimate of drug-likeness (QED) is 0.163. The third kappa shape index (κ3) is 8.60. The molecular weight excluding hydrogens is 1240 g/mol. The number of nitrogens with zero attached hydrogens (tertiary/aromatic N) is 3. The van der Waals surface area contributed by atoms with Crippen LogP contribution in [0.1, 0.15) is 11.1 Å². The first-order valence-electron chi connectivity index (χ1n) is 33.5. The van der Waals surface area contributed by atoms with E-state index < -0.39 is 0 Å². The number of aromatic nitrogens is 3. The van der Waals surface area contributed by atoms with Gasteiger partial charge in [0, 0.05) is 53.6 Å². The van der Waals surface area contributed by atoms with E-state index in [0.717, 1.165) is 6.42 Å². The molecule has 452 valence electrons. The van der Waals surface area contributed by atoms with Crippen molar-refractivity contribution in [2.75, 3.05) is 0 Å². The topological polar surface area (TPSA) is 14.8 Å². The normalized spacial score (nSPS) is 12.1. The summed E-state index contributed by atoms with van der Waals surface area (Å²) in [5, 5.41) is 13.0.